The first-order valence-corrected chi connectivity index (χ1v) is 13.6. The number of nitrogens with zero attached hydrogens (tertiary/aromatic N) is 2. The number of β-lactam (4-membered cyclic amide) rings is 1. The molecular weight excluding hydrogens is 476 g/mol. The number of unbranched alkanes of at least 4 members (excludes halogenated alkanes) is 5. The molecule has 0 saturated carbocycles. The van der Waals surface area contributed by atoms with E-state index in [1.165, 1.54) is 25.7 Å². The number of carbonyl (C=O) groups is 3. The van der Waals surface area contributed by atoms with E-state index < -0.39 is 23.9 Å². The van der Waals surface area contributed by atoms with Gasteiger partial charge < -0.3 is 9.64 Å². The quantitative estimate of drug-likeness (QED) is 0.168. The first-order chi connectivity index (χ1) is 18.5. The maximum Gasteiger partial charge on any atom is 0.262 e. The number of hydrogen-bond donors (Lipinski definition) is 0. The van der Waals surface area contributed by atoms with Crippen molar-refractivity contribution in [3.63, 3.8) is 0 Å². The number of ether oxygens (including phenoxy) is 1. The Labute approximate surface area is 224 Å². The molecule has 5 rings (SSSR count). The van der Waals surface area contributed by atoms with Gasteiger partial charge in [-0.3, -0.25) is 19.3 Å². The van der Waals surface area contributed by atoms with E-state index in [0.29, 0.717) is 17.7 Å². The second-order valence-electron chi connectivity index (χ2n) is 10.1. The molecule has 2 aliphatic heterocycles. The fourth-order valence-corrected chi connectivity index (χ4v) is 5.34. The zero-order chi connectivity index (χ0) is 26.6. The number of fused-ring (bicyclic) bond motifs is 1. The number of hydrogen-bond acceptors (Lipinski definition) is 4. The highest BCUT2D eigenvalue weighted by molar-refractivity contribution is 6.24. The molecule has 1 fully saturated rings. The molecule has 0 bridgehead atoms. The molecule has 6 nitrogen and oxygen atoms in total. The first-order valence-electron chi connectivity index (χ1n) is 13.6. The van der Waals surface area contributed by atoms with Crippen LogP contribution >= 0.6 is 0 Å². The zero-order valence-corrected chi connectivity index (χ0v) is 22.1. The predicted molar refractivity (Wildman–Crippen MR) is 147 cm³/mol. The smallest absolute Gasteiger partial charge is 0.262 e. The van der Waals surface area contributed by atoms with Gasteiger partial charge in [0.25, 0.3) is 17.7 Å². The van der Waals surface area contributed by atoms with Gasteiger partial charge in [-0.05, 0) is 55.3 Å². The summed E-state index contributed by atoms with van der Waals surface area (Å²) >= 11 is 0. The summed E-state index contributed by atoms with van der Waals surface area (Å²) in [5.41, 5.74) is 3.36. The third-order valence-corrected chi connectivity index (χ3v) is 7.47. The van der Waals surface area contributed by atoms with Crippen LogP contribution in [0.25, 0.3) is 0 Å². The van der Waals surface area contributed by atoms with Gasteiger partial charge in [0.15, 0.2) is 0 Å². The molecule has 3 aromatic rings. The zero-order valence-electron chi connectivity index (χ0n) is 22.1. The number of anilines is 1. The highest BCUT2D eigenvalue weighted by Crippen LogP contribution is 2.44. The number of rotatable bonds is 11. The fraction of sp³-hybridized carbons (Fsp3) is 0.344. The predicted octanol–water partition coefficient (Wildman–Crippen LogP) is 6.49. The van der Waals surface area contributed by atoms with Gasteiger partial charge in [-0.15, -0.1) is 0 Å². The lowest BCUT2D eigenvalue weighted by atomic mass is 9.86. The van der Waals surface area contributed by atoms with E-state index in [4.69, 9.17) is 4.74 Å². The Kier molecular flexibility index (Phi) is 7.59. The van der Waals surface area contributed by atoms with Gasteiger partial charge in [-0.25, -0.2) is 0 Å². The minimum absolute atomic E-state index is 0.267. The van der Waals surface area contributed by atoms with E-state index in [9.17, 15) is 14.4 Å². The number of amides is 3. The van der Waals surface area contributed by atoms with Crippen molar-refractivity contribution in [3.8, 4) is 5.75 Å². The molecular formula is C32H34N2O4. The fourth-order valence-electron chi connectivity index (χ4n) is 5.34. The Hall–Kier alpha value is -3.93. The van der Waals surface area contributed by atoms with E-state index in [1.807, 2.05) is 55.5 Å². The van der Waals surface area contributed by atoms with Crippen molar-refractivity contribution in [2.24, 2.45) is 0 Å². The van der Waals surface area contributed by atoms with E-state index in [2.05, 4.69) is 6.92 Å². The van der Waals surface area contributed by atoms with Gasteiger partial charge >= 0.3 is 0 Å². The Bertz CT molecular complexity index is 1280. The molecule has 6 heteroatoms. The van der Waals surface area contributed by atoms with E-state index in [1.54, 1.807) is 29.2 Å². The molecule has 0 aliphatic carbocycles. The second kappa shape index (κ2) is 11.2. The van der Waals surface area contributed by atoms with Crippen LogP contribution in [0.15, 0.2) is 72.8 Å². The Morgan fingerprint density at radius 1 is 0.684 bits per heavy atom. The van der Waals surface area contributed by atoms with Gasteiger partial charge in [0, 0.05) is 5.69 Å². The van der Waals surface area contributed by atoms with Crippen LogP contribution in [0.3, 0.4) is 0 Å². The maximum absolute atomic E-state index is 13.6. The van der Waals surface area contributed by atoms with Crippen molar-refractivity contribution >= 4 is 23.4 Å². The summed E-state index contributed by atoms with van der Waals surface area (Å²) in [5, 5.41) is 0. The van der Waals surface area contributed by atoms with Crippen molar-refractivity contribution in [1.82, 2.24) is 4.90 Å². The molecule has 2 aliphatic rings. The van der Waals surface area contributed by atoms with E-state index in [0.717, 1.165) is 40.3 Å². The summed E-state index contributed by atoms with van der Waals surface area (Å²) in [5.74, 6) is -0.336. The first kappa shape index (κ1) is 25.7. The van der Waals surface area contributed by atoms with Gasteiger partial charge in [-0.2, -0.15) is 0 Å². The third-order valence-electron chi connectivity index (χ3n) is 7.47. The Morgan fingerprint density at radius 2 is 1.29 bits per heavy atom. The molecule has 2 heterocycles. The lowest BCUT2D eigenvalue weighted by Crippen LogP contribution is -2.67. The third kappa shape index (κ3) is 4.83. The van der Waals surface area contributed by atoms with Gasteiger partial charge in [0.2, 0.25) is 0 Å². The van der Waals surface area contributed by atoms with Crippen molar-refractivity contribution in [2.45, 2.75) is 64.5 Å². The minimum atomic E-state index is -0.904. The molecule has 3 aromatic carbocycles. The molecule has 0 N–H and O–H groups in total. The van der Waals surface area contributed by atoms with Crippen LogP contribution < -0.4 is 9.64 Å². The maximum atomic E-state index is 13.6. The topological polar surface area (TPSA) is 66.9 Å². The van der Waals surface area contributed by atoms with Crippen LogP contribution in [0.4, 0.5) is 5.69 Å². The molecule has 1 saturated heterocycles. The number of aryl methyl sites for hydroxylation is 1. The Balaban J connectivity index is 1.36. The van der Waals surface area contributed by atoms with Gasteiger partial charge in [-0.1, -0.05) is 81.0 Å². The molecule has 196 valence electrons. The minimum Gasteiger partial charge on any atom is -0.494 e. The second-order valence-corrected chi connectivity index (χ2v) is 10.1. The largest absolute Gasteiger partial charge is 0.494 e. The van der Waals surface area contributed by atoms with Crippen molar-refractivity contribution in [3.05, 3.63) is 95.1 Å². The van der Waals surface area contributed by atoms with Crippen molar-refractivity contribution in [2.75, 3.05) is 11.5 Å². The molecule has 0 spiro atoms. The average Bonchev–Trinajstić information content (AvgIpc) is 3.18. The molecule has 0 radical (unpaired) electrons. The van der Waals surface area contributed by atoms with Gasteiger partial charge in [0.1, 0.15) is 11.8 Å². The monoisotopic (exact) mass is 510 g/mol. The van der Waals surface area contributed by atoms with Crippen LogP contribution in [0.1, 0.15) is 83.3 Å². The highest BCUT2D eigenvalue weighted by atomic mass is 16.5. The van der Waals surface area contributed by atoms with Crippen molar-refractivity contribution in [1.29, 1.82) is 0 Å². The molecule has 2 unspecified atom stereocenters. The SMILES string of the molecule is CCCCCCCCOc1ccc(C2C(N3C(=O)c4ccccc4C3=O)C(=O)N2c2ccc(C)cc2)cc1. The van der Waals surface area contributed by atoms with Crippen LogP contribution in [0, 0.1) is 6.92 Å². The molecule has 3 amide bonds. The van der Waals surface area contributed by atoms with Crippen molar-refractivity contribution < 1.29 is 19.1 Å². The van der Waals surface area contributed by atoms with E-state index in [-0.39, 0.29) is 5.91 Å². The molecule has 38 heavy (non-hydrogen) atoms. The summed E-state index contributed by atoms with van der Waals surface area (Å²) in [6, 6.07) is 20.7. The normalized spacial score (nSPS) is 18.5. The van der Waals surface area contributed by atoms with Crippen LogP contribution in [0.5, 0.6) is 5.75 Å². The van der Waals surface area contributed by atoms with Crippen LogP contribution in [0.2, 0.25) is 0 Å². The number of carbonyl (C=O) groups excluding carboxylic acids is 3. The molecule has 2 atom stereocenters. The summed E-state index contributed by atoms with van der Waals surface area (Å²) in [4.78, 5) is 42.9. The van der Waals surface area contributed by atoms with Gasteiger partial charge in [0.05, 0.1) is 23.8 Å². The van der Waals surface area contributed by atoms with Crippen LogP contribution in [-0.4, -0.2) is 35.3 Å². The average molecular weight is 511 g/mol. The summed E-state index contributed by atoms with van der Waals surface area (Å²) in [6.07, 6.45) is 7.22. The van der Waals surface area contributed by atoms with Crippen LogP contribution in [-0.2, 0) is 4.79 Å². The highest BCUT2D eigenvalue weighted by Gasteiger charge is 2.57. The number of benzene rings is 3. The number of imide groups is 1. The standard InChI is InChI=1S/C32H34N2O4/c1-3-4-5-6-7-10-21-38-25-19-15-23(16-20-25)28-29(32(37)33(28)24-17-13-22(2)14-18-24)34-30(35)26-11-8-9-12-27(26)31(34)36/h8-9,11-20,28-29H,3-7,10,21H2,1-2H3. The summed E-state index contributed by atoms with van der Waals surface area (Å²) in [7, 11) is 0. The summed E-state index contributed by atoms with van der Waals surface area (Å²) < 4.78 is 5.95. The molecule has 0 aromatic heterocycles. The Morgan fingerprint density at radius 3 is 1.92 bits per heavy atom. The lowest BCUT2D eigenvalue weighted by Gasteiger charge is -2.49. The summed E-state index contributed by atoms with van der Waals surface area (Å²) in [6.45, 7) is 4.87. The van der Waals surface area contributed by atoms with E-state index >= 15 is 0 Å². The lowest BCUT2D eigenvalue weighted by molar-refractivity contribution is -0.130.